The number of benzene rings is 1. The van der Waals surface area contributed by atoms with Gasteiger partial charge in [0.2, 0.25) is 0 Å². The summed E-state index contributed by atoms with van der Waals surface area (Å²) in [6.07, 6.45) is -3.64. The minimum Gasteiger partial charge on any atom is -0.494 e. The molecule has 45 heavy (non-hydrogen) atoms. The lowest BCUT2D eigenvalue weighted by Gasteiger charge is -2.44. The molecule has 1 aromatic rings. The van der Waals surface area contributed by atoms with Gasteiger partial charge in [-0.3, -0.25) is 19.2 Å². The van der Waals surface area contributed by atoms with E-state index in [4.69, 9.17) is 37.9 Å². The van der Waals surface area contributed by atoms with E-state index in [1.165, 1.54) is 20.8 Å². The van der Waals surface area contributed by atoms with Crippen molar-refractivity contribution in [3.63, 3.8) is 0 Å². The van der Waals surface area contributed by atoms with Gasteiger partial charge in [0.1, 0.15) is 11.9 Å². The molecule has 5 atom stereocenters. The molecule has 2 heterocycles. The van der Waals surface area contributed by atoms with E-state index < -0.39 is 59.8 Å². The fourth-order valence-electron chi connectivity index (χ4n) is 5.16. The molecule has 2 aliphatic rings. The maximum Gasteiger partial charge on any atom is 0.303 e. The zero-order chi connectivity index (χ0) is 33.5. The number of nitrogens with one attached hydrogen (secondary N) is 1. The van der Waals surface area contributed by atoms with Crippen LogP contribution in [0.4, 0.5) is 5.69 Å². The first kappa shape index (κ1) is 36.2. The van der Waals surface area contributed by atoms with Crippen molar-refractivity contribution in [1.82, 2.24) is 0 Å². The average molecular weight is 638 g/mol. The molecule has 1 aromatic carbocycles. The molecule has 2 aliphatic heterocycles. The third-order valence-electron chi connectivity index (χ3n) is 7.29. The SMILES string of the molecule is CC(=O)O[C@@H]1[C@@H](OC(C)=O)[C@@H](OCCCCOc2cc(C)c(NC(=O)C3OC(C)(C)OCC3(C)C)c(C)c2)OC[C@H]1OC(C)=O. The Labute approximate surface area is 264 Å². The van der Waals surface area contributed by atoms with Crippen molar-refractivity contribution >= 4 is 29.5 Å². The molecule has 0 saturated carbocycles. The van der Waals surface area contributed by atoms with Gasteiger partial charge in [-0.15, -0.1) is 0 Å². The molecule has 0 spiro atoms. The Bertz CT molecular complexity index is 1210. The second-order valence-electron chi connectivity index (χ2n) is 12.5. The number of hydrogen-bond acceptors (Lipinski definition) is 12. The molecular formula is C32H47NO12. The number of carbonyl (C=O) groups is 4. The van der Waals surface area contributed by atoms with Gasteiger partial charge in [0.05, 0.1) is 26.4 Å². The van der Waals surface area contributed by atoms with E-state index in [9.17, 15) is 19.2 Å². The minimum atomic E-state index is -1.12. The first-order valence-corrected chi connectivity index (χ1v) is 15.1. The lowest BCUT2D eigenvalue weighted by molar-refractivity contribution is -0.303. The highest BCUT2D eigenvalue weighted by atomic mass is 16.7. The van der Waals surface area contributed by atoms with Crippen LogP contribution in [0.3, 0.4) is 0 Å². The van der Waals surface area contributed by atoms with Gasteiger partial charge in [0, 0.05) is 31.9 Å². The van der Waals surface area contributed by atoms with Gasteiger partial charge in [-0.25, -0.2) is 0 Å². The quantitative estimate of drug-likeness (QED) is 0.202. The van der Waals surface area contributed by atoms with Crippen LogP contribution in [-0.2, 0) is 52.3 Å². The molecule has 3 rings (SSSR count). The van der Waals surface area contributed by atoms with Crippen LogP contribution in [0.2, 0.25) is 0 Å². The number of aryl methyl sites for hydroxylation is 2. The number of hydrogen-bond donors (Lipinski definition) is 1. The van der Waals surface area contributed by atoms with Crippen molar-refractivity contribution in [3.8, 4) is 5.75 Å². The maximum atomic E-state index is 13.2. The second-order valence-corrected chi connectivity index (χ2v) is 12.5. The average Bonchev–Trinajstić information content (AvgIpc) is 2.91. The molecule has 1 N–H and O–H groups in total. The fourth-order valence-corrected chi connectivity index (χ4v) is 5.16. The van der Waals surface area contributed by atoms with Gasteiger partial charge in [0.25, 0.3) is 5.91 Å². The lowest BCUT2D eigenvalue weighted by atomic mass is 9.85. The number of anilines is 1. The molecule has 0 aromatic heterocycles. The zero-order valence-corrected chi connectivity index (χ0v) is 27.7. The van der Waals surface area contributed by atoms with Crippen LogP contribution in [0.15, 0.2) is 12.1 Å². The second kappa shape index (κ2) is 15.4. The zero-order valence-electron chi connectivity index (χ0n) is 27.7. The summed E-state index contributed by atoms with van der Waals surface area (Å²) in [4.78, 5) is 48.3. The van der Waals surface area contributed by atoms with Crippen molar-refractivity contribution in [1.29, 1.82) is 0 Å². The molecule has 0 radical (unpaired) electrons. The Kier molecular flexibility index (Phi) is 12.4. The molecule has 0 aliphatic carbocycles. The number of ether oxygens (including phenoxy) is 8. The normalized spacial score (nSPS) is 25.5. The summed E-state index contributed by atoms with van der Waals surface area (Å²) in [6.45, 7) is 15.9. The standard InChI is InChI=1S/C32H47NO12/c1-18-14-23(15-19(2)25(18)33-29(37)28-31(6,7)17-41-32(8,9)45-28)38-12-10-11-13-39-30-27(44-22(5)36)26(43-21(4)35)24(16-40-30)42-20(3)34/h14-15,24,26-28,30H,10-13,16-17H2,1-9H3,(H,33,37)/t24-,26+,27-,28?,30+/m1/s1. The highest BCUT2D eigenvalue weighted by Gasteiger charge is 2.48. The molecule has 13 heteroatoms. The van der Waals surface area contributed by atoms with Crippen molar-refractivity contribution in [2.24, 2.45) is 5.41 Å². The predicted molar refractivity (Wildman–Crippen MR) is 160 cm³/mol. The lowest BCUT2D eigenvalue weighted by Crippen LogP contribution is -2.58. The van der Waals surface area contributed by atoms with Gasteiger partial charge in [-0.05, 0) is 63.8 Å². The van der Waals surface area contributed by atoms with Gasteiger partial charge in [0.15, 0.2) is 30.4 Å². The van der Waals surface area contributed by atoms with Crippen molar-refractivity contribution in [2.75, 3.05) is 31.7 Å². The van der Waals surface area contributed by atoms with Crippen LogP contribution >= 0.6 is 0 Å². The predicted octanol–water partition coefficient (Wildman–Crippen LogP) is 3.75. The summed E-state index contributed by atoms with van der Waals surface area (Å²) < 4.78 is 45.1. The molecular weight excluding hydrogens is 590 g/mol. The van der Waals surface area contributed by atoms with Crippen LogP contribution in [0.5, 0.6) is 5.75 Å². The third-order valence-corrected chi connectivity index (χ3v) is 7.29. The smallest absolute Gasteiger partial charge is 0.303 e. The Hall–Kier alpha value is -3.26. The molecule has 2 saturated heterocycles. The van der Waals surface area contributed by atoms with E-state index in [1.807, 2.05) is 39.8 Å². The van der Waals surface area contributed by atoms with Crippen LogP contribution in [0.1, 0.15) is 72.4 Å². The molecule has 2 fully saturated rings. The molecule has 0 bridgehead atoms. The van der Waals surface area contributed by atoms with E-state index in [0.29, 0.717) is 37.5 Å². The number of unbranched alkanes of at least 4 members (excludes halogenated alkanes) is 1. The van der Waals surface area contributed by atoms with Crippen LogP contribution in [0.25, 0.3) is 0 Å². The Balaban J connectivity index is 1.51. The minimum absolute atomic E-state index is 0.101. The van der Waals surface area contributed by atoms with Crippen LogP contribution < -0.4 is 10.1 Å². The monoisotopic (exact) mass is 637 g/mol. The first-order chi connectivity index (χ1) is 21.0. The molecule has 1 unspecified atom stereocenters. The van der Waals surface area contributed by atoms with E-state index in [1.54, 1.807) is 13.8 Å². The van der Waals surface area contributed by atoms with Gasteiger partial charge >= 0.3 is 17.9 Å². The number of esters is 3. The van der Waals surface area contributed by atoms with E-state index in [0.717, 1.165) is 11.1 Å². The maximum absolute atomic E-state index is 13.2. The fraction of sp³-hybridized carbons (Fsp3) is 0.688. The van der Waals surface area contributed by atoms with Gasteiger partial charge in [-0.2, -0.15) is 0 Å². The van der Waals surface area contributed by atoms with E-state index >= 15 is 0 Å². The van der Waals surface area contributed by atoms with Crippen molar-refractivity contribution in [3.05, 3.63) is 23.3 Å². The van der Waals surface area contributed by atoms with Gasteiger partial charge in [-0.1, -0.05) is 13.8 Å². The highest BCUT2D eigenvalue weighted by molar-refractivity contribution is 5.96. The van der Waals surface area contributed by atoms with Crippen molar-refractivity contribution < 1.29 is 57.1 Å². The summed E-state index contributed by atoms with van der Waals surface area (Å²) >= 11 is 0. The van der Waals surface area contributed by atoms with Crippen LogP contribution in [0, 0.1) is 19.3 Å². The summed E-state index contributed by atoms with van der Waals surface area (Å²) in [6, 6.07) is 3.74. The number of carbonyl (C=O) groups excluding carboxylic acids is 4. The van der Waals surface area contributed by atoms with Crippen molar-refractivity contribution in [2.45, 2.75) is 112 Å². The largest absolute Gasteiger partial charge is 0.494 e. The summed E-state index contributed by atoms with van der Waals surface area (Å²) in [7, 11) is 0. The van der Waals surface area contributed by atoms with Gasteiger partial charge < -0.3 is 43.2 Å². The van der Waals surface area contributed by atoms with E-state index in [2.05, 4.69) is 5.32 Å². The Morgan fingerprint density at radius 2 is 1.44 bits per heavy atom. The summed E-state index contributed by atoms with van der Waals surface area (Å²) in [5.41, 5.74) is 1.93. The van der Waals surface area contributed by atoms with E-state index in [-0.39, 0.29) is 19.1 Å². The number of rotatable bonds is 12. The molecule has 1 amide bonds. The summed E-state index contributed by atoms with van der Waals surface area (Å²) in [5.74, 6) is -2.27. The summed E-state index contributed by atoms with van der Waals surface area (Å²) in [5, 5.41) is 3.04. The highest BCUT2D eigenvalue weighted by Crippen LogP contribution is 2.36. The molecule has 252 valence electrons. The Morgan fingerprint density at radius 1 is 0.867 bits per heavy atom. The number of amides is 1. The molecule has 13 nitrogen and oxygen atoms in total. The first-order valence-electron chi connectivity index (χ1n) is 15.1. The topological polar surface area (TPSA) is 154 Å². The Morgan fingerprint density at radius 3 is 2.04 bits per heavy atom. The van der Waals surface area contributed by atoms with Crippen LogP contribution in [-0.4, -0.2) is 86.7 Å². The third kappa shape index (κ3) is 10.4.